The van der Waals surface area contributed by atoms with Crippen LogP contribution in [0.2, 0.25) is 0 Å². The number of carbonyl (C=O) groups is 3. The topological polar surface area (TPSA) is 125 Å². The standard InChI is InChI=1S/C25H18N4O5S/c30-23-14-22(25(32)28(23)18-7-4-15-10-11-26-21(15)13-18)35-20-8-5-17(6-9-20)27-24(31)16-2-1-3-19(12-16)29(33)34/h1-13,22,26H,14H2,(H,27,31). The average Bonchev–Trinajstić information content (AvgIpc) is 3.43. The molecule has 1 fully saturated rings. The van der Waals surface area contributed by atoms with Crippen molar-refractivity contribution in [3.63, 3.8) is 0 Å². The molecule has 0 spiro atoms. The number of nitro benzene ring substituents is 1. The molecule has 1 saturated heterocycles. The number of nitrogens with one attached hydrogen (secondary N) is 2. The van der Waals surface area contributed by atoms with Crippen LogP contribution in [0, 0.1) is 10.1 Å². The Bertz CT molecular complexity index is 1480. The van der Waals surface area contributed by atoms with Crippen LogP contribution in [0.3, 0.4) is 0 Å². The predicted octanol–water partition coefficient (Wildman–Crippen LogP) is 4.75. The Morgan fingerprint density at radius 3 is 2.63 bits per heavy atom. The van der Waals surface area contributed by atoms with Crippen LogP contribution in [0.25, 0.3) is 10.9 Å². The van der Waals surface area contributed by atoms with Crippen LogP contribution in [-0.4, -0.2) is 32.9 Å². The molecule has 0 aliphatic carbocycles. The number of carbonyl (C=O) groups excluding carboxylic acids is 3. The molecule has 2 heterocycles. The van der Waals surface area contributed by atoms with Crippen LogP contribution in [-0.2, 0) is 9.59 Å². The molecule has 0 bridgehead atoms. The number of anilines is 2. The van der Waals surface area contributed by atoms with Crippen LogP contribution in [0.15, 0.2) is 83.9 Å². The Morgan fingerprint density at radius 1 is 1.06 bits per heavy atom. The Labute approximate surface area is 203 Å². The maximum absolute atomic E-state index is 13.0. The number of thioether (sulfide) groups is 1. The van der Waals surface area contributed by atoms with E-state index in [2.05, 4.69) is 10.3 Å². The quantitative estimate of drug-likeness (QED) is 0.230. The summed E-state index contributed by atoms with van der Waals surface area (Å²) in [7, 11) is 0. The molecule has 1 atom stereocenters. The third-order valence-electron chi connectivity index (χ3n) is 5.61. The van der Waals surface area contributed by atoms with Gasteiger partial charge >= 0.3 is 0 Å². The Balaban J connectivity index is 1.25. The number of fused-ring (bicyclic) bond motifs is 1. The lowest BCUT2D eigenvalue weighted by Crippen LogP contribution is -2.31. The van der Waals surface area contributed by atoms with Gasteiger partial charge in [-0.3, -0.25) is 24.5 Å². The van der Waals surface area contributed by atoms with Crippen LogP contribution in [0.4, 0.5) is 17.1 Å². The second-order valence-corrected chi connectivity index (χ2v) is 9.19. The Hall–Kier alpha value is -4.44. The van der Waals surface area contributed by atoms with Crippen molar-refractivity contribution in [2.24, 2.45) is 0 Å². The van der Waals surface area contributed by atoms with Crippen molar-refractivity contribution in [1.82, 2.24) is 4.98 Å². The molecule has 5 rings (SSSR count). The number of hydrogen-bond acceptors (Lipinski definition) is 6. The van der Waals surface area contributed by atoms with E-state index in [1.165, 1.54) is 40.9 Å². The van der Waals surface area contributed by atoms with Crippen LogP contribution < -0.4 is 10.2 Å². The number of imide groups is 1. The first-order valence-electron chi connectivity index (χ1n) is 10.7. The van der Waals surface area contributed by atoms with E-state index >= 15 is 0 Å². The van der Waals surface area contributed by atoms with Gasteiger partial charge in [0.25, 0.3) is 11.6 Å². The highest BCUT2D eigenvalue weighted by Crippen LogP contribution is 2.35. The molecule has 1 aromatic heterocycles. The number of amides is 3. The van der Waals surface area contributed by atoms with Gasteiger partial charge in [0.1, 0.15) is 0 Å². The van der Waals surface area contributed by atoms with Crippen molar-refractivity contribution in [3.05, 3.63) is 94.7 Å². The number of benzene rings is 3. The fourth-order valence-electron chi connectivity index (χ4n) is 3.89. The predicted molar refractivity (Wildman–Crippen MR) is 133 cm³/mol. The van der Waals surface area contributed by atoms with Gasteiger partial charge in [0, 0.05) is 46.4 Å². The molecule has 2 N–H and O–H groups in total. The van der Waals surface area contributed by atoms with E-state index < -0.39 is 16.1 Å². The van der Waals surface area contributed by atoms with Crippen molar-refractivity contribution in [2.75, 3.05) is 10.2 Å². The fourth-order valence-corrected chi connectivity index (χ4v) is 4.94. The van der Waals surface area contributed by atoms with Crippen LogP contribution in [0.5, 0.6) is 0 Å². The summed E-state index contributed by atoms with van der Waals surface area (Å²) in [5.41, 5.74) is 1.90. The molecule has 3 aromatic carbocycles. The number of aromatic amines is 1. The second kappa shape index (κ2) is 9.07. The van der Waals surface area contributed by atoms with Gasteiger partial charge in [-0.1, -0.05) is 12.1 Å². The zero-order chi connectivity index (χ0) is 24.5. The molecule has 0 radical (unpaired) electrons. The molecule has 1 unspecified atom stereocenters. The first-order valence-corrected chi connectivity index (χ1v) is 11.5. The number of rotatable bonds is 6. The Morgan fingerprint density at radius 2 is 1.86 bits per heavy atom. The highest BCUT2D eigenvalue weighted by atomic mass is 32.2. The molecule has 1 aliphatic heterocycles. The van der Waals surface area contributed by atoms with Crippen molar-refractivity contribution in [3.8, 4) is 0 Å². The lowest BCUT2D eigenvalue weighted by Gasteiger charge is -2.15. The summed E-state index contributed by atoms with van der Waals surface area (Å²) >= 11 is 1.29. The largest absolute Gasteiger partial charge is 0.361 e. The van der Waals surface area contributed by atoms with Crippen molar-refractivity contribution < 1.29 is 19.3 Å². The summed E-state index contributed by atoms with van der Waals surface area (Å²) in [6.45, 7) is 0. The summed E-state index contributed by atoms with van der Waals surface area (Å²) < 4.78 is 0. The van der Waals surface area contributed by atoms with Crippen LogP contribution >= 0.6 is 11.8 Å². The average molecular weight is 487 g/mol. The van der Waals surface area contributed by atoms with Gasteiger partial charge < -0.3 is 10.3 Å². The van der Waals surface area contributed by atoms with Gasteiger partial charge in [0.2, 0.25) is 11.8 Å². The first-order chi connectivity index (χ1) is 16.9. The highest BCUT2D eigenvalue weighted by molar-refractivity contribution is 8.00. The highest BCUT2D eigenvalue weighted by Gasteiger charge is 2.40. The van der Waals surface area contributed by atoms with E-state index in [1.807, 2.05) is 12.1 Å². The third kappa shape index (κ3) is 4.51. The molecule has 1 aliphatic rings. The molecule has 4 aromatic rings. The lowest BCUT2D eigenvalue weighted by molar-refractivity contribution is -0.384. The van der Waals surface area contributed by atoms with Crippen LogP contribution in [0.1, 0.15) is 16.8 Å². The molecule has 9 nitrogen and oxygen atoms in total. The van der Waals surface area contributed by atoms with Gasteiger partial charge in [-0.25, -0.2) is 4.90 Å². The zero-order valence-corrected chi connectivity index (χ0v) is 19.0. The summed E-state index contributed by atoms with van der Waals surface area (Å²) in [6.07, 6.45) is 1.90. The van der Waals surface area contributed by atoms with E-state index in [0.717, 1.165) is 15.8 Å². The minimum atomic E-state index is -0.558. The summed E-state index contributed by atoms with van der Waals surface area (Å²) in [5, 5.41) is 14.1. The minimum Gasteiger partial charge on any atom is -0.361 e. The monoisotopic (exact) mass is 486 g/mol. The second-order valence-electron chi connectivity index (χ2n) is 7.91. The number of hydrogen-bond donors (Lipinski definition) is 2. The van der Waals surface area contributed by atoms with E-state index in [1.54, 1.807) is 42.6 Å². The maximum atomic E-state index is 13.0. The van der Waals surface area contributed by atoms with Crippen molar-refractivity contribution >= 4 is 57.4 Å². The number of H-pyrrole nitrogens is 1. The Kier molecular flexibility index (Phi) is 5.79. The minimum absolute atomic E-state index is 0.0948. The normalized spacial score (nSPS) is 15.5. The number of non-ortho nitro benzene ring substituents is 1. The van der Waals surface area contributed by atoms with Crippen molar-refractivity contribution in [2.45, 2.75) is 16.6 Å². The fraction of sp³-hybridized carbons (Fsp3) is 0.0800. The molecular weight excluding hydrogens is 468 g/mol. The lowest BCUT2D eigenvalue weighted by atomic mass is 10.2. The van der Waals surface area contributed by atoms with E-state index in [0.29, 0.717) is 11.4 Å². The molecule has 10 heteroatoms. The molecule has 0 saturated carbocycles. The SMILES string of the molecule is O=C(Nc1ccc(SC2CC(=O)N(c3ccc4cc[nH]c4c3)C2=O)cc1)c1cccc([N+](=O)[O-])c1. The smallest absolute Gasteiger partial charge is 0.270 e. The maximum Gasteiger partial charge on any atom is 0.270 e. The number of aromatic nitrogens is 1. The van der Waals surface area contributed by atoms with Gasteiger partial charge in [0.05, 0.1) is 15.9 Å². The van der Waals surface area contributed by atoms with Gasteiger partial charge in [-0.05, 0) is 53.9 Å². The van der Waals surface area contributed by atoms with Gasteiger partial charge in [-0.2, -0.15) is 0 Å². The van der Waals surface area contributed by atoms with E-state index in [9.17, 15) is 24.5 Å². The van der Waals surface area contributed by atoms with E-state index in [4.69, 9.17) is 0 Å². The zero-order valence-electron chi connectivity index (χ0n) is 18.1. The summed E-state index contributed by atoms with van der Waals surface area (Å²) in [5.74, 6) is -0.992. The summed E-state index contributed by atoms with van der Waals surface area (Å²) in [6, 6.07) is 19.7. The molecule has 174 valence electrons. The molecule has 35 heavy (non-hydrogen) atoms. The molecular formula is C25H18N4O5S. The van der Waals surface area contributed by atoms with E-state index in [-0.39, 0.29) is 29.5 Å². The summed E-state index contributed by atoms with van der Waals surface area (Å²) in [4.78, 5) is 53.5. The number of nitro groups is 1. The molecule has 3 amide bonds. The van der Waals surface area contributed by atoms with Crippen molar-refractivity contribution in [1.29, 1.82) is 0 Å². The first kappa shape index (κ1) is 22.4. The number of nitrogens with zero attached hydrogens (tertiary/aromatic N) is 2. The van der Waals surface area contributed by atoms with Gasteiger partial charge in [-0.15, -0.1) is 11.8 Å². The third-order valence-corrected chi connectivity index (χ3v) is 6.81. The van der Waals surface area contributed by atoms with Gasteiger partial charge in [0.15, 0.2) is 0 Å².